The molecule has 6 heteroatoms. The molecule has 0 amide bonds. The minimum Gasteiger partial charge on any atom is -0.548 e. The SMILES string of the molecule is CSCC[C@H](N)C(=O)[O-].O.[Na+]. The fraction of sp³-hybridized carbons (Fsp3) is 0.800. The number of carboxylic acid groups (broad SMARTS) is 1. The number of nitrogens with two attached hydrogens (primary N) is 1. The molecule has 0 unspecified atom stereocenters. The van der Waals surface area contributed by atoms with E-state index in [4.69, 9.17) is 5.73 Å². The van der Waals surface area contributed by atoms with Gasteiger partial charge in [0, 0.05) is 6.04 Å². The second-order valence-electron chi connectivity index (χ2n) is 1.71. The Morgan fingerprint density at radius 1 is 1.73 bits per heavy atom. The summed E-state index contributed by atoms with van der Waals surface area (Å²) in [4.78, 5) is 9.96. The molecule has 0 bridgehead atoms. The molecular formula is C5H12NNaO3S. The van der Waals surface area contributed by atoms with E-state index in [-0.39, 0.29) is 35.0 Å². The summed E-state index contributed by atoms with van der Waals surface area (Å²) in [6.07, 6.45) is 2.39. The second-order valence-corrected chi connectivity index (χ2v) is 2.69. The molecule has 0 aromatic heterocycles. The molecule has 11 heavy (non-hydrogen) atoms. The fourth-order valence-corrected chi connectivity index (χ4v) is 0.852. The van der Waals surface area contributed by atoms with Gasteiger partial charge in [-0.1, -0.05) is 0 Å². The Bertz CT molecular complexity index is 104. The predicted molar refractivity (Wildman–Crippen MR) is 39.6 cm³/mol. The van der Waals surface area contributed by atoms with E-state index in [0.717, 1.165) is 5.75 Å². The van der Waals surface area contributed by atoms with Crippen LogP contribution in [0.1, 0.15) is 6.42 Å². The summed E-state index contributed by atoms with van der Waals surface area (Å²) in [5, 5.41) is 9.96. The van der Waals surface area contributed by atoms with Crippen molar-refractivity contribution < 1.29 is 44.9 Å². The van der Waals surface area contributed by atoms with Gasteiger partial charge in [-0.2, -0.15) is 11.8 Å². The van der Waals surface area contributed by atoms with E-state index in [1.165, 1.54) is 0 Å². The zero-order valence-corrected chi connectivity index (χ0v) is 9.61. The van der Waals surface area contributed by atoms with Gasteiger partial charge in [0.1, 0.15) is 0 Å². The van der Waals surface area contributed by atoms with Crippen LogP contribution in [-0.2, 0) is 4.79 Å². The Kier molecular flexibility index (Phi) is 17.3. The third kappa shape index (κ3) is 10.7. The van der Waals surface area contributed by atoms with Gasteiger partial charge in [0.25, 0.3) is 0 Å². The number of rotatable bonds is 4. The minimum atomic E-state index is -1.16. The Morgan fingerprint density at radius 3 is 2.45 bits per heavy atom. The van der Waals surface area contributed by atoms with Crippen LogP contribution < -0.4 is 40.4 Å². The molecule has 0 fully saturated rings. The van der Waals surface area contributed by atoms with Crippen LogP contribution >= 0.6 is 11.8 Å². The zero-order valence-electron chi connectivity index (χ0n) is 6.79. The van der Waals surface area contributed by atoms with Crippen LogP contribution in [0.4, 0.5) is 0 Å². The molecule has 4 nitrogen and oxygen atoms in total. The third-order valence-electron chi connectivity index (χ3n) is 0.936. The summed E-state index contributed by atoms with van der Waals surface area (Å²) >= 11 is 1.58. The van der Waals surface area contributed by atoms with Gasteiger partial charge < -0.3 is 21.1 Å². The zero-order chi connectivity index (χ0) is 7.28. The second kappa shape index (κ2) is 10.7. The first-order chi connectivity index (χ1) is 4.18. The maximum atomic E-state index is 9.96. The number of thioether (sulfide) groups is 1. The monoisotopic (exact) mass is 189 g/mol. The molecule has 0 aliphatic rings. The fourth-order valence-electron chi connectivity index (χ4n) is 0.363. The molecule has 1 atom stereocenters. The molecular weight excluding hydrogens is 177 g/mol. The summed E-state index contributed by atoms with van der Waals surface area (Å²) in [6, 6.07) is -0.794. The molecule has 0 saturated heterocycles. The predicted octanol–water partition coefficient (Wildman–Crippen LogP) is -5.00. The van der Waals surface area contributed by atoms with E-state index in [0.29, 0.717) is 6.42 Å². The van der Waals surface area contributed by atoms with Crippen molar-refractivity contribution in [2.24, 2.45) is 5.73 Å². The van der Waals surface area contributed by atoms with Crippen LogP contribution in [0.3, 0.4) is 0 Å². The van der Waals surface area contributed by atoms with Crippen LogP contribution in [0, 0.1) is 0 Å². The maximum absolute atomic E-state index is 9.96. The van der Waals surface area contributed by atoms with Crippen molar-refractivity contribution in [1.82, 2.24) is 0 Å². The number of aliphatic carboxylic acids is 1. The Morgan fingerprint density at radius 2 is 2.18 bits per heavy atom. The van der Waals surface area contributed by atoms with Gasteiger partial charge in [-0.05, 0) is 18.4 Å². The van der Waals surface area contributed by atoms with E-state index in [1.807, 2.05) is 6.26 Å². The van der Waals surface area contributed by atoms with Crippen LogP contribution in [-0.4, -0.2) is 29.5 Å². The van der Waals surface area contributed by atoms with Crippen molar-refractivity contribution in [3.05, 3.63) is 0 Å². The minimum absolute atomic E-state index is 0. The molecule has 62 valence electrons. The molecule has 0 radical (unpaired) electrons. The van der Waals surface area contributed by atoms with E-state index in [1.54, 1.807) is 11.8 Å². The van der Waals surface area contributed by atoms with Gasteiger partial charge in [-0.25, -0.2) is 0 Å². The molecule has 0 spiro atoms. The van der Waals surface area contributed by atoms with Crippen molar-refractivity contribution in [1.29, 1.82) is 0 Å². The number of hydrogen-bond donors (Lipinski definition) is 1. The molecule has 0 aromatic carbocycles. The molecule has 0 aliphatic heterocycles. The summed E-state index contributed by atoms with van der Waals surface area (Å²) in [5.41, 5.74) is 5.13. The van der Waals surface area contributed by atoms with Crippen molar-refractivity contribution in [2.75, 3.05) is 12.0 Å². The summed E-state index contributed by atoms with van der Waals surface area (Å²) in [7, 11) is 0. The van der Waals surface area contributed by atoms with Gasteiger partial charge in [0.15, 0.2) is 0 Å². The molecule has 0 aromatic rings. The molecule has 0 rings (SSSR count). The molecule has 0 saturated carbocycles. The van der Waals surface area contributed by atoms with Crippen LogP contribution in [0.25, 0.3) is 0 Å². The number of hydrogen-bond acceptors (Lipinski definition) is 4. The standard InChI is InChI=1S/C5H11NO2S.Na.H2O/c1-9-3-2-4(6)5(7)8;;/h4H,2-3,6H2,1H3,(H,7,8);;1H2/q;+1;/p-1/t4-;;/m0../s1. The quantitative estimate of drug-likeness (QED) is 0.448. The molecule has 0 heterocycles. The van der Waals surface area contributed by atoms with Gasteiger partial charge in [0.05, 0.1) is 5.97 Å². The van der Waals surface area contributed by atoms with Gasteiger partial charge in [-0.3, -0.25) is 0 Å². The smallest absolute Gasteiger partial charge is 0.548 e. The van der Waals surface area contributed by atoms with E-state index >= 15 is 0 Å². The number of carbonyl (C=O) groups excluding carboxylic acids is 1. The Balaban J connectivity index is -0.000000320. The number of carboxylic acids is 1. The first-order valence-electron chi connectivity index (χ1n) is 2.64. The van der Waals surface area contributed by atoms with Crippen LogP contribution in [0.5, 0.6) is 0 Å². The van der Waals surface area contributed by atoms with Crippen molar-refractivity contribution >= 4 is 17.7 Å². The van der Waals surface area contributed by atoms with Gasteiger partial charge in [-0.15, -0.1) is 0 Å². The summed E-state index contributed by atoms with van der Waals surface area (Å²) in [6.45, 7) is 0. The van der Waals surface area contributed by atoms with Crippen molar-refractivity contribution in [3.8, 4) is 0 Å². The topological polar surface area (TPSA) is 97.7 Å². The average molecular weight is 189 g/mol. The first kappa shape index (κ1) is 17.7. The molecule has 4 N–H and O–H groups in total. The summed E-state index contributed by atoms with van der Waals surface area (Å²) in [5.74, 6) is -0.390. The average Bonchev–Trinajstić information content (AvgIpc) is 1.82. The van der Waals surface area contributed by atoms with Crippen LogP contribution in [0.15, 0.2) is 0 Å². The van der Waals surface area contributed by atoms with E-state index in [2.05, 4.69) is 0 Å². The van der Waals surface area contributed by atoms with E-state index < -0.39 is 12.0 Å². The first-order valence-corrected chi connectivity index (χ1v) is 4.03. The number of carbonyl (C=O) groups is 1. The van der Waals surface area contributed by atoms with Gasteiger partial charge >= 0.3 is 29.6 Å². The van der Waals surface area contributed by atoms with Gasteiger partial charge in [0.2, 0.25) is 0 Å². The Hall–Kier alpha value is 0.740. The van der Waals surface area contributed by atoms with Crippen molar-refractivity contribution in [3.63, 3.8) is 0 Å². The van der Waals surface area contributed by atoms with Crippen molar-refractivity contribution in [2.45, 2.75) is 12.5 Å². The van der Waals surface area contributed by atoms with E-state index in [9.17, 15) is 9.90 Å². The largest absolute Gasteiger partial charge is 1.00 e. The summed E-state index contributed by atoms with van der Waals surface area (Å²) < 4.78 is 0. The normalized spacial score (nSPS) is 10.7. The third-order valence-corrected chi connectivity index (χ3v) is 1.58. The maximum Gasteiger partial charge on any atom is 1.00 e. The molecule has 0 aliphatic carbocycles. The van der Waals surface area contributed by atoms with Crippen LogP contribution in [0.2, 0.25) is 0 Å². The Labute approximate surface area is 92.5 Å².